The summed E-state index contributed by atoms with van der Waals surface area (Å²) in [4.78, 5) is 0. The zero-order valence-electron chi connectivity index (χ0n) is 11.2. The van der Waals surface area contributed by atoms with Crippen LogP contribution in [0, 0.1) is 0 Å². The number of benzene rings is 1. The summed E-state index contributed by atoms with van der Waals surface area (Å²) in [6.07, 6.45) is 3.85. The number of halogens is 1. The molecule has 2 nitrogen and oxygen atoms in total. The second-order valence-electron chi connectivity index (χ2n) is 5.61. The molecule has 4 heteroatoms. The van der Waals surface area contributed by atoms with Crippen LogP contribution in [0.1, 0.15) is 31.7 Å². The molecule has 1 N–H and O–H groups in total. The van der Waals surface area contributed by atoms with Gasteiger partial charge in [-0.25, -0.2) is 0 Å². The lowest BCUT2D eigenvalue weighted by Crippen LogP contribution is -2.33. The predicted molar refractivity (Wildman–Crippen MR) is 82.4 cm³/mol. The van der Waals surface area contributed by atoms with Crippen molar-refractivity contribution in [3.63, 3.8) is 0 Å². The van der Waals surface area contributed by atoms with Crippen molar-refractivity contribution in [1.82, 2.24) is 5.32 Å². The Bertz CT molecular complexity index is 453. The Hall–Kier alpha value is -0.380. The Balaban J connectivity index is 1.77. The summed E-state index contributed by atoms with van der Waals surface area (Å²) in [6.45, 7) is 3.34. The van der Waals surface area contributed by atoms with Crippen molar-refractivity contribution in [2.75, 3.05) is 18.1 Å². The van der Waals surface area contributed by atoms with Crippen LogP contribution >= 0.6 is 23.4 Å². The predicted octanol–water partition coefficient (Wildman–Crippen LogP) is 3.82. The largest absolute Gasteiger partial charge is 0.488 e. The van der Waals surface area contributed by atoms with Crippen LogP contribution in [0.3, 0.4) is 0 Å². The molecule has 0 bridgehead atoms. The Kier molecular flexibility index (Phi) is 3.97. The third-order valence-electron chi connectivity index (χ3n) is 4.12. The van der Waals surface area contributed by atoms with Gasteiger partial charge in [0.1, 0.15) is 11.9 Å². The van der Waals surface area contributed by atoms with Crippen LogP contribution in [-0.2, 0) is 5.54 Å². The molecule has 2 heterocycles. The van der Waals surface area contributed by atoms with E-state index < -0.39 is 0 Å². The summed E-state index contributed by atoms with van der Waals surface area (Å²) in [5.74, 6) is 3.11. The molecule has 2 unspecified atom stereocenters. The van der Waals surface area contributed by atoms with Gasteiger partial charge in [-0.2, -0.15) is 11.8 Å². The zero-order valence-corrected chi connectivity index (χ0v) is 12.8. The van der Waals surface area contributed by atoms with Gasteiger partial charge >= 0.3 is 0 Å². The van der Waals surface area contributed by atoms with Crippen LogP contribution in [-0.4, -0.2) is 24.2 Å². The van der Waals surface area contributed by atoms with Gasteiger partial charge in [0.25, 0.3) is 0 Å². The summed E-state index contributed by atoms with van der Waals surface area (Å²) < 4.78 is 5.98. The number of nitrogens with one attached hydrogen (secondary N) is 1. The van der Waals surface area contributed by atoms with Crippen molar-refractivity contribution in [1.29, 1.82) is 0 Å². The Labute approximate surface area is 124 Å². The number of hydrogen-bond donors (Lipinski definition) is 1. The van der Waals surface area contributed by atoms with Crippen LogP contribution in [0.25, 0.3) is 0 Å². The molecule has 0 aromatic heterocycles. The fourth-order valence-corrected chi connectivity index (χ4v) is 4.18. The van der Waals surface area contributed by atoms with Crippen molar-refractivity contribution < 1.29 is 4.74 Å². The second kappa shape index (κ2) is 5.55. The minimum Gasteiger partial charge on any atom is -0.488 e. The molecule has 19 heavy (non-hydrogen) atoms. The molecular formula is C15H20ClNOS. The van der Waals surface area contributed by atoms with E-state index in [1.165, 1.54) is 24.2 Å². The van der Waals surface area contributed by atoms with E-state index in [1.54, 1.807) is 0 Å². The minimum absolute atomic E-state index is 0.0748. The molecule has 3 rings (SSSR count). The average molecular weight is 298 g/mol. The van der Waals surface area contributed by atoms with Crippen molar-refractivity contribution >= 4 is 23.4 Å². The van der Waals surface area contributed by atoms with Gasteiger partial charge in [-0.05, 0) is 56.2 Å². The molecule has 1 aromatic rings. The summed E-state index contributed by atoms with van der Waals surface area (Å²) in [6, 6.07) is 6.25. The lowest BCUT2D eigenvalue weighted by Gasteiger charge is -2.26. The number of ether oxygens (including phenoxy) is 1. The molecule has 0 spiro atoms. The monoisotopic (exact) mass is 297 g/mol. The molecule has 0 radical (unpaired) electrons. The van der Waals surface area contributed by atoms with Crippen LogP contribution < -0.4 is 10.1 Å². The van der Waals surface area contributed by atoms with E-state index in [0.29, 0.717) is 6.10 Å². The van der Waals surface area contributed by atoms with Gasteiger partial charge in [0.05, 0.1) is 5.02 Å². The summed E-state index contributed by atoms with van der Waals surface area (Å²) in [5, 5.41) is 4.31. The lowest BCUT2D eigenvalue weighted by molar-refractivity contribution is 0.229. The van der Waals surface area contributed by atoms with Crippen molar-refractivity contribution in [3.8, 4) is 5.75 Å². The Morgan fingerprint density at radius 3 is 3.00 bits per heavy atom. The van der Waals surface area contributed by atoms with E-state index in [1.807, 2.05) is 17.8 Å². The quantitative estimate of drug-likeness (QED) is 0.916. The Morgan fingerprint density at radius 2 is 2.37 bits per heavy atom. The summed E-state index contributed by atoms with van der Waals surface area (Å²) in [7, 11) is 0. The van der Waals surface area contributed by atoms with Crippen LogP contribution in [0.15, 0.2) is 18.2 Å². The maximum atomic E-state index is 6.39. The molecule has 1 aromatic carbocycles. The molecule has 2 atom stereocenters. The van der Waals surface area contributed by atoms with Gasteiger partial charge in [-0.1, -0.05) is 17.7 Å². The second-order valence-corrected chi connectivity index (χ2v) is 7.17. The van der Waals surface area contributed by atoms with Gasteiger partial charge in [0, 0.05) is 11.3 Å². The highest BCUT2D eigenvalue weighted by molar-refractivity contribution is 7.99. The molecule has 2 aliphatic heterocycles. The van der Waals surface area contributed by atoms with E-state index in [2.05, 4.69) is 24.4 Å². The molecule has 0 aliphatic carbocycles. The van der Waals surface area contributed by atoms with Crippen molar-refractivity contribution in [3.05, 3.63) is 28.8 Å². The molecule has 2 saturated heterocycles. The smallest absolute Gasteiger partial charge is 0.138 e. The maximum Gasteiger partial charge on any atom is 0.138 e. The third kappa shape index (κ3) is 2.88. The summed E-state index contributed by atoms with van der Waals surface area (Å²) in [5.41, 5.74) is 1.34. The molecular weight excluding hydrogens is 278 g/mol. The highest BCUT2D eigenvalue weighted by atomic mass is 35.5. The third-order valence-corrected chi connectivity index (χ3v) is 5.55. The van der Waals surface area contributed by atoms with Gasteiger partial charge in [-0.3, -0.25) is 0 Å². The van der Waals surface area contributed by atoms with E-state index in [4.69, 9.17) is 16.3 Å². The first-order chi connectivity index (χ1) is 9.17. The number of thioether (sulfide) groups is 1. The molecule has 0 saturated carbocycles. The van der Waals surface area contributed by atoms with Crippen LogP contribution in [0.4, 0.5) is 0 Å². The minimum atomic E-state index is 0.0748. The van der Waals surface area contributed by atoms with Crippen molar-refractivity contribution in [2.24, 2.45) is 0 Å². The van der Waals surface area contributed by atoms with E-state index in [9.17, 15) is 0 Å². The van der Waals surface area contributed by atoms with E-state index >= 15 is 0 Å². The lowest BCUT2D eigenvalue weighted by atomic mass is 9.90. The topological polar surface area (TPSA) is 21.3 Å². The van der Waals surface area contributed by atoms with Crippen LogP contribution in [0.5, 0.6) is 5.75 Å². The standard InChI is InChI=1S/C15H20ClNOS/c1-15(6-2-7-17-15)11-3-4-14(13(16)9-11)18-12-5-8-19-10-12/h3-4,9,12,17H,2,5-8,10H2,1H3. The van der Waals surface area contributed by atoms with Gasteiger partial charge < -0.3 is 10.1 Å². The fourth-order valence-electron chi connectivity index (χ4n) is 2.87. The SMILES string of the molecule is CC1(c2ccc(OC3CCSC3)c(Cl)c2)CCCN1. The highest BCUT2D eigenvalue weighted by Crippen LogP contribution is 2.36. The first kappa shape index (κ1) is 13.6. The average Bonchev–Trinajstić information content (AvgIpc) is 3.04. The molecule has 0 amide bonds. The molecule has 104 valence electrons. The van der Waals surface area contributed by atoms with Gasteiger partial charge in [0.2, 0.25) is 0 Å². The number of rotatable bonds is 3. The summed E-state index contributed by atoms with van der Waals surface area (Å²) >= 11 is 8.34. The first-order valence-electron chi connectivity index (χ1n) is 6.97. The van der Waals surface area contributed by atoms with Crippen molar-refractivity contribution in [2.45, 2.75) is 37.8 Å². The van der Waals surface area contributed by atoms with Gasteiger partial charge in [0.15, 0.2) is 0 Å². The normalized spacial score (nSPS) is 30.7. The maximum absolute atomic E-state index is 6.39. The first-order valence-corrected chi connectivity index (χ1v) is 8.50. The van der Waals surface area contributed by atoms with Gasteiger partial charge in [-0.15, -0.1) is 0 Å². The Morgan fingerprint density at radius 1 is 1.47 bits per heavy atom. The van der Waals surface area contributed by atoms with Crippen LogP contribution in [0.2, 0.25) is 5.02 Å². The zero-order chi connectivity index (χ0) is 13.3. The van der Waals surface area contributed by atoms with E-state index in [-0.39, 0.29) is 5.54 Å². The number of hydrogen-bond acceptors (Lipinski definition) is 3. The highest BCUT2D eigenvalue weighted by Gasteiger charge is 2.30. The fraction of sp³-hybridized carbons (Fsp3) is 0.600. The van der Waals surface area contributed by atoms with E-state index in [0.717, 1.165) is 29.5 Å². The molecule has 2 aliphatic rings. The molecule has 2 fully saturated rings.